The Morgan fingerprint density at radius 2 is 1.38 bits per heavy atom. The van der Waals surface area contributed by atoms with Gasteiger partial charge in [0.15, 0.2) is 0 Å². The molecule has 3 aromatic carbocycles. The third-order valence-corrected chi connectivity index (χ3v) is 14.2. The van der Waals surface area contributed by atoms with Crippen LogP contribution in [0.25, 0.3) is 10.4 Å². The van der Waals surface area contributed by atoms with Crippen molar-refractivity contribution in [3.8, 4) is 10.4 Å². The molecule has 0 radical (unpaired) electrons. The molecule has 0 unspecified atom stereocenters. The van der Waals surface area contributed by atoms with Gasteiger partial charge in [0.2, 0.25) is 5.91 Å². The Bertz CT molecular complexity index is 1780. The summed E-state index contributed by atoms with van der Waals surface area (Å²) >= 11 is 1.32. The van der Waals surface area contributed by atoms with Gasteiger partial charge in [-0.05, 0) is 59.9 Å². The summed E-state index contributed by atoms with van der Waals surface area (Å²) < 4.78 is 17.2. The van der Waals surface area contributed by atoms with Crippen LogP contribution in [-0.2, 0) is 23.5 Å². The molecular formula is C39H47N3O8SSi. The zero-order valence-corrected chi connectivity index (χ0v) is 32.3. The summed E-state index contributed by atoms with van der Waals surface area (Å²) in [5.41, 5.74) is 1.00. The Morgan fingerprint density at radius 1 is 0.808 bits per heavy atom. The second kappa shape index (κ2) is 17.1. The van der Waals surface area contributed by atoms with E-state index in [1.165, 1.54) is 18.4 Å². The van der Waals surface area contributed by atoms with Crippen molar-refractivity contribution >= 4 is 59.6 Å². The number of ether oxygens (including phenoxy) is 2. The van der Waals surface area contributed by atoms with E-state index in [9.17, 15) is 24.3 Å². The molecule has 2 atom stereocenters. The highest BCUT2D eigenvalue weighted by molar-refractivity contribution is 7.13. The molecule has 0 fully saturated rings. The second-order valence-electron chi connectivity index (χ2n) is 14.2. The highest BCUT2D eigenvalue weighted by Gasteiger charge is 2.50. The zero-order chi connectivity index (χ0) is 38.1. The standard InChI is InChI=1S/C39H47N3O8SSi/c1-38(2,3)50-37(47)40-28-20-18-26(19-21-28)33-22-27(25-51-33)34(44)41-31(23-43)35(45)42-32(36(46)48-7)24-49-52(39(4,5)6,29-14-10-8-11-15-29)30-16-12-9-13-17-30/h8-22,25,31-32,43H,23-24H2,1-7H3,(H,40,47)(H,41,44)(H,42,45)/t31-,32-/m0/s1. The fourth-order valence-corrected chi connectivity index (χ4v) is 11.2. The highest BCUT2D eigenvalue weighted by Crippen LogP contribution is 2.37. The van der Waals surface area contributed by atoms with Crippen LogP contribution in [0.1, 0.15) is 51.9 Å². The van der Waals surface area contributed by atoms with Crippen LogP contribution in [0, 0.1) is 0 Å². The lowest BCUT2D eigenvalue weighted by Gasteiger charge is -2.43. The van der Waals surface area contributed by atoms with Crippen molar-refractivity contribution in [1.82, 2.24) is 10.6 Å². The summed E-state index contributed by atoms with van der Waals surface area (Å²) in [5.74, 6) is -2.09. The van der Waals surface area contributed by atoms with E-state index < -0.39 is 56.5 Å². The predicted octanol–water partition coefficient (Wildman–Crippen LogP) is 5.09. The highest BCUT2D eigenvalue weighted by atomic mass is 32.1. The Kier molecular flexibility index (Phi) is 13.2. The molecule has 0 saturated carbocycles. The van der Waals surface area contributed by atoms with Crippen molar-refractivity contribution in [2.24, 2.45) is 0 Å². The van der Waals surface area contributed by atoms with Crippen molar-refractivity contribution in [3.63, 3.8) is 0 Å². The Hall–Kier alpha value is -4.82. The molecule has 3 amide bonds. The number of aliphatic hydroxyl groups excluding tert-OH is 1. The van der Waals surface area contributed by atoms with Gasteiger partial charge in [-0.1, -0.05) is 93.6 Å². The van der Waals surface area contributed by atoms with Crippen molar-refractivity contribution in [2.75, 3.05) is 25.6 Å². The van der Waals surface area contributed by atoms with E-state index in [2.05, 4.69) is 36.7 Å². The molecule has 4 N–H and O–H groups in total. The van der Waals surface area contributed by atoms with E-state index >= 15 is 0 Å². The molecule has 13 heteroatoms. The molecule has 4 rings (SSSR count). The maximum Gasteiger partial charge on any atom is 0.412 e. The summed E-state index contributed by atoms with van der Waals surface area (Å²) in [6, 6.07) is 25.8. The SMILES string of the molecule is COC(=O)[C@H](CO[Si](c1ccccc1)(c1ccccc1)C(C)(C)C)NC(=O)[C@H](CO)NC(=O)c1csc(-c2ccc(NC(=O)OC(C)(C)C)cc2)c1. The quantitative estimate of drug-likeness (QED) is 0.109. The van der Waals surface area contributed by atoms with Gasteiger partial charge < -0.3 is 29.6 Å². The molecule has 0 aliphatic heterocycles. The Balaban J connectivity index is 1.47. The number of esters is 1. The third kappa shape index (κ3) is 9.94. The summed E-state index contributed by atoms with van der Waals surface area (Å²) in [6.45, 7) is 10.7. The lowest BCUT2D eigenvalue weighted by Crippen LogP contribution is -2.68. The molecule has 276 valence electrons. The first-order valence-corrected chi connectivity index (χ1v) is 19.6. The number of thiophene rings is 1. The molecule has 52 heavy (non-hydrogen) atoms. The number of aliphatic hydroxyl groups is 1. The van der Waals surface area contributed by atoms with Crippen LogP contribution in [0.15, 0.2) is 96.4 Å². The number of hydrogen-bond donors (Lipinski definition) is 4. The lowest BCUT2D eigenvalue weighted by atomic mass is 10.1. The Morgan fingerprint density at radius 3 is 1.88 bits per heavy atom. The van der Waals surface area contributed by atoms with Gasteiger partial charge in [0.05, 0.1) is 25.9 Å². The largest absolute Gasteiger partial charge is 0.467 e. The summed E-state index contributed by atoms with van der Waals surface area (Å²) in [6.07, 6.45) is -0.567. The van der Waals surface area contributed by atoms with E-state index in [-0.39, 0.29) is 17.2 Å². The number of amides is 3. The van der Waals surface area contributed by atoms with Crippen molar-refractivity contribution in [3.05, 3.63) is 102 Å². The number of carbonyl (C=O) groups is 4. The van der Waals surface area contributed by atoms with Gasteiger partial charge >= 0.3 is 12.1 Å². The Labute approximate surface area is 309 Å². The average Bonchev–Trinajstić information content (AvgIpc) is 3.60. The first-order chi connectivity index (χ1) is 24.6. The molecular weight excluding hydrogens is 699 g/mol. The number of rotatable bonds is 13. The van der Waals surface area contributed by atoms with Crippen LogP contribution in [-0.4, -0.2) is 75.3 Å². The molecule has 0 aliphatic carbocycles. The monoisotopic (exact) mass is 745 g/mol. The van der Waals surface area contributed by atoms with Gasteiger partial charge in [0, 0.05) is 15.9 Å². The summed E-state index contributed by atoms with van der Waals surface area (Å²) in [4.78, 5) is 52.6. The molecule has 0 saturated heterocycles. The minimum Gasteiger partial charge on any atom is -0.467 e. The van der Waals surface area contributed by atoms with Crippen molar-refractivity contribution in [1.29, 1.82) is 0 Å². The van der Waals surface area contributed by atoms with Crippen LogP contribution in [0.3, 0.4) is 0 Å². The van der Waals surface area contributed by atoms with E-state index in [1.807, 2.05) is 60.7 Å². The number of benzene rings is 3. The molecule has 4 aromatic rings. The number of methoxy groups -OCH3 is 1. The van der Waals surface area contributed by atoms with Crippen LogP contribution in [0.4, 0.5) is 10.5 Å². The lowest BCUT2D eigenvalue weighted by molar-refractivity contribution is -0.146. The minimum absolute atomic E-state index is 0.211. The van der Waals surface area contributed by atoms with Gasteiger partial charge in [-0.15, -0.1) is 11.3 Å². The molecule has 0 bridgehead atoms. The van der Waals surface area contributed by atoms with Crippen molar-refractivity contribution < 1.29 is 38.2 Å². The van der Waals surface area contributed by atoms with Gasteiger partial charge in [0.25, 0.3) is 14.2 Å². The van der Waals surface area contributed by atoms with Gasteiger partial charge in [-0.3, -0.25) is 14.9 Å². The predicted molar refractivity (Wildman–Crippen MR) is 205 cm³/mol. The normalized spacial score (nSPS) is 13.0. The fraction of sp³-hybridized carbons (Fsp3) is 0.333. The van der Waals surface area contributed by atoms with E-state index in [0.717, 1.165) is 20.8 Å². The van der Waals surface area contributed by atoms with Gasteiger partial charge in [0.1, 0.15) is 17.7 Å². The first kappa shape index (κ1) is 40.0. The van der Waals surface area contributed by atoms with Crippen LogP contribution in [0.5, 0.6) is 0 Å². The third-order valence-electron chi connectivity index (χ3n) is 8.17. The van der Waals surface area contributed by atoms with Crippen LogP contribution in [0.2, 0.25) is 5.04 Å². The number of carbonyl (C=O) groups excluding carboxylic acids is 4. The average molecular weight is 746 g/mol. The maximum absolute atomic E-state index is 13.5. The number of anilines is 1. The molecule has 0 spiro atoms. The van der Waals surface area contributed by atoms with Crippen LogP contribution >= 0.6 is 11.3 Å². The van der Waals surface area contributed by atoms with E-state index in [4.69, 9.17) is 13.9 Å². The van der Waals surface area contributed by atoms with Crippen LogP contribution < -0.4 is 26.3 Å². The van der Waals surface area contributed by atoms with Crippen molar-refractivity contribution in [2.45, 2.75) is 64.3 Å². The van der Waals surface area contributed by atoms with Gasteiger partial charge in [-0.25, -0.2) is 9.59 Å². The zero-order valence-electron chi connectivity index (χ0n) is 30.5. The van der Waals surface area contributed by atoms with Gasteiger partial charge in [-0.2, -0.15) is 0 Å². The number of nitrogens with one attached hydrogen (secondary N) is 3. The second-order valence-corrected chi connectivity index (χ2v) is 19.4. The smallest absolute Gasteiger partial charge is 0.412 e. The summed E-state index contributed by atoms with van der Waals surface area (Å²) in [5, 5.41) is 21.3. The maximum atomic E-state index is 13.5. The molecule has 0 aliphatic rings. The minimum atomic E-state index is -3.07. The molecule has 11 nitrogen and oxygen atoms in total. The fourth-order valence-electron chi connectivity index (χ4n) is 5.73. The molecule has 1 aromatic heterocycles. The van der Waals surface area contributed by atoms with E-state index in [1.54, 1.807) is 56.5 Å². The molecule has 1 heterocycles. The first-order valence-electron chi connectivity index (χ1n) is 16.8. The summed E-state index contributed by atoms with van der Waals surface area (Å²) in [7, 11) is -1.86. The van der Waals surface area contributed by atoms with E-state index in [0.29, 0.717) is 5.69 Å². The topological polar surface area (TPSA) is 152 Å². The number of hydrogen-bond acceptors (Lipinski definition) is 9.